The van der Waals surface area contributed by atoms with Crippen LogP contribution in [0, 0.1) is 0 Å². The Morgan fingerprint density at radius 2 is 1.67 bits per heavy atom. The summed E-state index contributed by atoms with van der Waals surface area (Å²) in [7, 11) is 0. The van der Waals surface area contributed by atoms with E-state index in [4.69, 9.17) is 0 Å². The Hall–Kier alpha value is -3.21. The van der Waals surface area contributed by atoms with E-state index in [0.29, 0.717) is 11.3 Å². The van der Waals surface area contributed by atoms with Gasteiger partial charge in [-0.2, -0.15) is 0 Å². The highest BCUT2D eigenvalue weighted by molar-refractivity contribution is 5.96. The molecule has 1 atom stereocenters. The average molecular weight is 320 g/mol. The van der Waals surface area contributed by atoms with Crippen molar-refractivity contribution in [1.82, 2.24) is 10.3 Å². The van der Waals surface area contributed by atoms with Crippen LogP contribution in [0.2, 0.25) is 0 Å². The highest BCUT2D eigenvalue weighted by Crippen LogP contribution is 2.13. The minimum Gasteiger partial charge on any atom is -0.480 e. The molecule has 0 unspecified atom stereocenters. The summed E-state index contributed by atoms with van der Waals surface area (Å²) < 4.78 is 0. The van der Waals surface area contributed by atoms with Gasteiger partial charge in [-0.1, -0.05) is 42.5 Å². The summed E-state index contributed by atoms with van der Waals surface area (Å²) in [5.41, 5.74) is 1.85. The number of carboxylic acids is 1. The number of carbonyl (C=O) groups is 2. The molecule has 1 amide bonds. The molecule has 0 aliphatic carbocycles. The summed E-state index contributed by atoms with van der Waals surface area (Å²) in [4.78, 5) is 28.1. The van der Waals surface area contributed by atoms with E-state index in [0.717, 1.165) is 10.9 Å². The molecule has 120 valence electrons. The van der Waals surface area contributed by atoms with Gasteiger partial charge < -0.3 is 10.4 Å². The molecule has 0 saturated carbocycles. The first kappa shape index (κ1) is 15.7. The summed E-state index contributed by atoms with van der Waals surface area (Å²) >= 11 is 0. The predicted octanol–water partition coefficient (Wildman–Crippen LogP) is 2.66. The summed E-state index contributed by atoms with van der Waals surface area (Å²) in [6.45, 7) is 0. The molecule has 5 nitrogen and oxygen atoms in total. The molecular formula is C19H16N2O3. The molecule has 1 heterocycles. The molecule has 0 saturated heterocycles. The van der Waals surface area contributed by atoms with Crippen molar-refractivity contribution >= 4 is 22.8 Å². The zero-order valence-electron chi connectivity index (χ0n) is 12.8. The van der Waals surface area contributed by atoms with Gasteiger partial charge in [-0.25, -0.2) is 4.79 Å². The van der Waals surface area contributed by atoms with Gasteiger partial charge in [0.25, 0.3) is 5.91 Å². The van der Waals surface area contributed by atoms with E-state index < -0.39 is 17.9 Å². The molecular weight excluding hydrogens is 304 g/mol. The second-order valence-corrected chi connectivity index (χ2v) is 5.43. The number of aromatic nitrogens is 1. The lowest BCUT2D eigenvalue weighted by atomic mass is 10.1. The first-order chi connectivity index (χ1) is 11.6. The number of carboxylic acid groups (broad SMARTS) is 1. The lowest BCUT2D eigenvalue weighted by Crippen LogP contribution is -2.42. The summed E-state index contributed by atoms with van der Waals surface area (Å²) in [5.74, 6) is -1.50. The second-order valence-electron chi connectivity index (χ2n) is 5.43. The highest BCUT2D eigenvalue weighted by atomic mass is 16.4. The van der Waals surface area contributed by atoms with E-state index in [1.165, 1.54) is 0 Å². The van der Waals surface area contributed by atoms with Crippen molar-refractivity contribution in [3.05, 3.63) is 78.0 Å². The number of nitrogens with zero attached hydrogens (tertiary/aromatic N) is 1. The van der Waals surface area contributed by atoms with Crippen LogP contribution in [0.1, 0.15) is 16.1 Å². The van der Waals surface area contributed by atoms with E-state index in [1.807, 2.05) is 30.3 Å². The fraction of sp³-hybridized carbons (Fsp3) is 0.105. The average Bonchev–Trinajstić information content (AvgIpc) is 2.61. The third-order valence-electron chi connectivity index (χ3n) is 3.71. The number of aliphatic carboxylic acids is 1. The van der Waals surface area contributed by atoms with Gasteiger partial charge in [-0.15, -0.1) is 0 Å². The number of hydrogen-bond donors (Lipinski definition) is 2. The maximum absolute atomic E-state index is 12.2. The smallest absolute Gasteiger partial charge is 0.326 e. The zero-order chi connectivity index (χ0) is 16.9. The standard InChI is InChI=1S/C19H16N2O3/c22-18(14-7-2-1-3-8-14)21-17(19(23)24)12-15-11-10-13-6-4-5-9-16(13)20-15/h1-11,17H,12H2,(H,21,22)(H,23,24)/t17-/m1/s1. The van der Waals surface area contributed by atoms with Gasteiger partial charge in [-0.3, -0.25) is 9.78 Å². The highest BCUT2D eigenvalue weighted by Gasteiger charge is 2.21. The van der Waals surface area contributed by atoms with Crippen molar-refractivity contribution in [2.75, 3.05) is 0 Å². The van der Waals surface area contributed by atoms with E-state index >= 15 is 0 Å². The number of benzene rings is 2. The van der Waals surface area contributed by atoms with Crippen LogP contribution in [0.5, 0.6) is 0 Å². The molecule has 2 aromatic carbocycles. The van der Waals surface area contributed by atoms with Crippen LogP contribution >= 0.6 is 0 Å². The van der Waals surface area contributed by atoms with Crippen molar-refractivity contribution in [3.8, 4) is 0 Å². The number of pyridine rings is 1. The maximum Gasteiger partial charge on any atom is 0.326 e. The summed E-state index contributed by atoms with van der Waals surface area (Å²) in [5, 5.41) is 12.9. The molecule has 0 aliphatic heterocycles. The Balaban J connectivity index is 1.78. The van der Waals surface area contributed by atoms with Crippen LogP contribution in [-0.2, 0) is 11.2 Å². The SMILES string of the molecule is O=C(N[C@H](Cc1ccc2ccccc2n1)C(=O)O)c1ccccc1. The zero-order valence-corrected chi connectivity index (χ0v) is 12.8. The molecule has 2 N–H and O–H groups in total. The summed E-state index contributed by atoms with van der Waals surface area (Å²) in [6.07, 6.45) is 0.124. The van der Waals surface area contributed by atoms with Crippen LogP contribution in [-0.4, -0.2) is 28.0 Å². The number of fused-ring (bicyclic) bond motifs is 1. The number of carbonyl (C=O) groups excluding carboxylic acids is 1. The molecule has 0 radical (unpaired) electrons. The van der Waals surface area contributed by atoms with Crippen LogP contribution in [0.15, 0.2) is 66.7 Å². The topological polar surface area (TPSA) is 79.3 Å². The number of nitrogens with one attached hydrogen (secondary N) is 1. The number of amides is 1. The summed E-state index contributed by atoms with van der Waals surface area (Å²) in [6, 6.07) is 18.8. The van der Waals surface area contributed by atoms with Gasteiger partial charge in [0.05, 0.1) is 5.52 Å². The fourth-order valence-electron chi connectivity index (χ4n) is 2.46. The van der Waals surface area contributed by atoms with Crippen molar-refractivity contribution in [3.63, 3.8) is 0 Å². The minimum absolute atomic E-state index is 0.124. The van der Waals surface area contributed by atoms with E-state index in [2.05, 4.69) is 10.3 Å². The van der Waals surface area contributed by atoms with Crippen LogP contribution < -0.4 is 5.32 Å². The Morgan fingerprint density at radius 1 is 0.958 bits per heavy atom. The third kappa shape index (κ3) is 3.57. The van der Waals surface area contributed by atoms with Gasteiger partial charge in [-0.05, 0) is 24.3 Å². The molecule has 5 heteroatoms. The first-order valence-corrected chi connectivity index (χ1v) is 7.57. The Morgan fingerprint density at radius 3 is 2.42 bits per heavy atom. The molecule has 3 rings (SSSR count). The van der Waals surface area contributed by atoms with Gasteiger partial charge in [0.15, 0.2) is 0 Å². The second kappa shape index (κ2) is 6.91. The van der Waals surface area contributed by atoms with Gasteiger partial charge in [0.2, 0.25) is 0 Å². The van der Waals surface area contributed by atoms with Crippen molar-refractivity contribution in [2.45, 2.75) is 12.5 Å². The van der Waals surface area contributed by atoms with E-state index in [1.54, 1.807) is 36.4 Å². The Bertz CT molecular complexity index is 878. The third-order valence-corrected chi connectivity index (χ3v) is 3.71. The van der Waals surface area contributed by atoms with E-state index in [-0.39, 0.29) is 6.42 Å². The Labute approximate surface area is 139 Å². The van der Waals surface area contributed by atoms with Crippen molar-refractivity contribution in [2.24, 2.45) is 0 Å². The van der Waals surface area contributed by atoms with Crippen LogP contribution in [0.3, 0.4) is 0 Å². The predicted molar refractivity (Wildman–Crippen MR) is 90.8 cm³/mol. The molecule has 0 bridgehead atoms. The molecule has 1 aromatic heterocycles. The van der Waals surface area contributed by atoms with Crippen molar-refractivity contribution < 1.29 is 14.7 Å². The number of para-hydroxylation sites is 1. The van der Waals surface area contributed by atoms with Gasteiger partial charge >= 0.3 is 5.97 Å². The molecule has 0 fully saturated rings. The minimum atomic E-state index is -1.09. The van der Waals surface area contributed by atoms with Crippen molar-refractivity contribution in [1.29, 1.82) is 0 Å². The van der Waals surface area contributed by atoms with Crippen LogP contribution in [0.4, 0.5) is 0 Å². The normalized spacial score (nSPS) is 11.8. The maximum atomic E-state index is 12.2. The lowest BCUT2D eigenvalue weighted by Gasteiger charge is -2.14. The molecule has 24 heavy (non-hydrogen) atoms. The number of rotatable bonds is 5. The largest absolute Gasteiger partial charge is 0.480 e. The molecule has 0 spiro atoms. The monoisotopic (exact) mass is 320 g/mol. The van der Waals surface area contributed by atoms with Gasteiger partial charge in [0, 0.05) is 23.1 Å². The molecule has 3 aromatic rings. The quantitative estimate of drug-likeness (QED) is 0.757. The van der Waals surface area contributed by atoms with Gasteiger partial charge in [0.1, 0.15) is 6.04 Å². The fourth-order valence-corrected chi connectivity index (χ4v) is 2.46. The van der Waals surface area contributed by atoms with E-state index in [9.17, 15) is 14.7 Å². The van der Waals surface area contributed by atoms with Crippen LogP contribution in [0.25, 0.3) is 10.9 Å². The Kier molecular flexibility index (Phi) is 4.52. The number of hydrogen-bond acceptors (Lipinski definition) is 3. The molecule has 0 aliphatic rings. The first-order valence-electron chi connectivity index (χ1n) is 7.57. The lowest BCUT2D eigenvalue weighted by molar-refractivity contribution is -0.139.